The number of ether oxygens (including phenoxy) is 2. The zero-order chi connectivity index (χ0) is 19.4. The Kier molecular flexibility index (Phi) is 5.31. The number of amides is 1. The lowest BCUT2D eigenvalue weighted by molar-refractivity contribution is 0.139. The number of nitrogens with two attached hydrogens (primary N) is 1. The number of nitrogen functional groups attached to an aromatic ring is 1. The van der Waals surface area contributed by atoms with Crippen molar-refractivity contribution in [3.05, 3.63) is 47.3 Å². The number of anilines is 1. The van der Waals surface area contributed by atoms with Crippen LogP contribution in [0.15, 0.2) is 30.5 Å². The van der Waals surface area contributed by atoms with Gasteiger partial charge in [0.05, 0.1) is 18.4 Å². The standard InChI is InChI=1S/C19H21N5O3/c1-12-4-5-23-19(25)26-7-6-24-11-13(8-14(24)10-20)18(22)16-9-15(27-12)2-3-17(16)21/h2-3,8-9,11-12,22H,4-7,21H2,1H3,(H,23,25). The Morgan fingerprint density at radius 3 is 3.00 bits per heavy atom. The molecule has 8 heteroatoms. The van der Waals surface area contributed by atoms with Gasteiger partial charge in [0.2, 0.25) is 0 Å². The number of hydrogen-bond donors (Lipinski definition) is 3. The van der Waals surface area contributed by atoms with Crippen LogP contribution in [0.5, 0.6) is 5.75 Å². The van der Waals surface area contributed by atoms with Crippen LogP contribution in [0.4, 0.5) is 10.5 Å². The van der Waals surface area contributed by atoms with E-state index < -0.39 is 6.09 Å². The SMILES string of the molecule is CC1CCNC(=O)OCCn2cc(cc2C#N)C(=N)c2cc(ccc2N)O1. The van der Waals surface area contributed by atoms with Crippen LogP contribution >= 0.6 is 0 Å². The number of alkyl carbamates (subject to hydrolysis) is 1. The van der Waals surface area contributed by atoms with E-state index in [1.165, 1.54) is 0 Å². The van der Waals surface area contributed by atoms with Crippen molar-refractivity contribution < 1.29 is 14.3 Å². The molecular formula is C19H21N5O3. The molecule has 8 nitrogen and oxygen atoms in total. The summed E-state index contributed by atoms with van der Waals surface area (Å²) in [5.74, 6) is 0.589. The summed E-state index contributed by atoms with van der Waals surface area (Å²) >= 11 is 0. The van der Waals surface area contributed by atoms with Crippen LogP contribution in [0, 0.1) is 16.7 Å². The first-order valence-corrected chi connectivity index (χ1v) is 8.64. The van der Waals surface area contributed by atoms with Gasteiger partial charge < -0.3 is 25.1 Å². The summed E-state index contributed by atoms with van der Waals surface area (Å²) in [5, 5.41) is 20.5. The lowest BCUT2D eigenvalue weighted by atomic mass is 10.0. The van der Waals surface area contributed by atoms with Crippen molar-refractivity contribution in [1.82, 2.24) is 9.88 Å². The van der Waals surface area contributed by atoms with Gasteiger partial charge in [0.1, 0.15) is 24.1 Å². The van der Waals surface area contributed by atoms with Gasteiger partial charge in [0.15, 0.2) is 0 Å². The maximum absolute atomic E-state index is 11.7. The number of hydrogen-bond acceptors (Lipinski definition) is 6. The normalized spacial score (nSPS) is 18.0. The molecule has 1 aromatic heterocycles. The number of carbonyl (C=O) groups excluding carboxylic acids is 1. The highest BCUT2D eigenvalue weighted by Gasteiger charge is 2.16. The van der Waals surface area contributed by atoms with Gasteiger partial charge in [0, 0.05) is 36.0 Å². The highest BCUT2D eigenvalue weighted by atomic mass is 16.5. The molecule has 4 bridgehead atoms. The number of benzene rings is 1. The predicted molar refractivity (Wildman–Crippen MR) is 100.0 cm³/mol. The third-order valence-corrected chi connectivity index (χ3v) is 4.32. The number of fused-ring (bicyclic) bond motifs is 4. The Morgan fingerprint density at radius 1 is 1.41 bits per heavy atom. The van der Waals surface area contributed by atoms with E-state index in [0.29, 0.717) is 47.8 Å². The summed E-state index contributed by atoms with van der Waals surface area (Å²) in [6.45, 7) is 2.75. The van der Waals surface area contributed by atoms with Gasteiger partial charge in [-0.1, -0.05) is 0 Å². The Bertz CT molecular complexity index is 913. The molecule has 1 aliphatic heterocycles. The summed E-state index contributed by atoms with van der Waals surface area (Å²) in [7, 11) is 0. The summed E-state index contributed by atoms with van der Waals surface area (Å²) in [6, 6.07) is 8.89. The molecule has 2 aromatic rings. The van der Waals surface area contributed by atoms with Crippen molar-refractivity contribution in [3.8, 4) is 11.8 Å². The second kappa shape index (κ2) is 7.83. The number of aromatic nitrogens is 1. The maximum Gasteiger partial charge on any atom is 0.407 e. The third kappa shape index (κ3) is 4.20. The number of cyclic esters (lactones) is 1. The number of rotatable bonds is 0. The van der Waals surface area contributed by atoms with E-state index in [1.807, 2.05) is 6.92 Å². The minimum atomic E-state index is -0.511. The summed E-state index contributed by atoms with van der Waals surface area (Å²) in [5.41, 5.74) is 8.20. The van der Waals surface area contributed by atoms with Crippen molar-refractivity contribution in [2.45, 2.75) is 26.0 Å². The molecule has 0 saturated carbocycles. The smallest absolute Gasteiger partial charge is 0.407 e. The van der Waals surface area contributed by atoms with Gasteiger partial charge in [-0.2, -0.15) is 5.26 Å². The Morgan fingerprint density at radius 2 is 2.22 bits per heavy atom. The number of nitriles is 1. The van der Waals surface area contributed by atoms with E-state index in [4.69, 9.17) is 20.6 Å². The average Bonchev–Trinajstić information content (AvgIpc) is 3.05. The predicted octanol–water partition coefficient (Wildman–Crippen LogP) is 2.26. The van der Waals surface area contributed by atoms with Gasteiger partial charge >= 0.3 is 6.09 Å². The highest BCUT2D eigenvalue weighted by molar-refractivity contribution is 6.14. The van der Waals surface area contributed by atoms with E-state index in [2.05, 4.69) is 11.4 Å². The fourth-order valence-electron chi connectivity index (χ4n) is 2.86. The zero-order valence-corrected chi connectivity index (χ0v) is 15.0. The molecule has 0 saturated heterocycles. The van der Waals surface area contributed by atoms with E-state index >= 15 is 0 Å². The monoisotopic (exact) mass is 367 g/mol. The molecule has 2 heterocycles. The molecule has 1 amide bonds. The van der Waals surface area contributed by atoms with Crippen molar-refractivity contribution in [2.24, 2.45) is 0 Å². The topological polar surface area (TPSA) is 126 Å². The maximum atomic E-state index is 11.7. The van der Waals surface area contributed by atoms with Gasteiger partial charge in [-0.15, -0.1) is 0 Å². The number of nitrogens with zero attached hydrogens (tertiary/aromatic N) is 2. The second-order valence-corrected chi connectivity index (χ2v) is 6.32. The molecular weight excluding hydrogens is 346 g/mol. The highest BCUT2D eigenvalue weighted by Crippen LogP contribution is 2.24. The molecule has 3 rings (SSSR count). The minimum Gasteiger partial charge on any atom is -0.491 e. The molecule has 1 aromatic carbocycles. The lowest BCUT2D eigenvalue weighted by Gasteiger charge is -2.17. The van der Waals surface area contributed by atoms with E-state index in [-0.39, 0.29) is 18.4 Å². The molecule has 0 fully saturated rings. The molecule has 1 atom stereocenters. The summed E-state index contributed by atoms with van der Waals surface area (Å²) < 4.78 is 12.7. The summed E-state index contributed by atoms with van der Waals surface area (Å²) in [4.78, 5) is 11.7. The lowest BCUT2D eigenvalue weighted by Crippen LogP contribution is -2.29. The molecule has 0 aliphatic carbocycles. The van der Waals surface area contributed by atoms with Gasteiger partial charge in [-0.25, -0.2) is 4.79 Å². The van der Waals surface area contributed by atoms with E-state index in [0.717, 1.165) is 0 Å². The fraction of sp³-hybridized carbons (Fsp3) is 0.316. The van der Waals surface area contributed by atoms with Crippen LogP contribution in [0.3, 0.4) is 0 Å². The van der Waals surface area contributed by atoms with E-state index in [9.17, 15) is 10.1 Å². The summed E-state index contributed by atoms with van der Waals surface area (Å²) in [6.07, 6.45) is 1.63. The fourth-order valence-corrected chi connectivity index (χ4v) is 2.86. The third-order valence-electron chi connectivity index (χ3n) is 4.32. The van der Waals surface area contributed by atoms with E-state index in [1.54, 1.807) is 35.0 Å². The Balaban J connectivity index is 1.98. The first-order valence-electron chi connectivity index (χ1n) is 8.64. The molecule has 1 unspecified atom stereocenters. The molecule has 4 N–H and O–H groups in total. The molecule has 0 radical (unpaired) electrons. The van der Waals surface area contributed by atoms with Crippen molar-refractivity contribution in [2.75, 3.05) is 18.9 Å². The zero-order valence-electron chi connectivity index (χ0n) is 15.0. The largest absolute Gasteiger partial charge is 0.491 e. The average molecular weight is 367 g/mol. The first kappa shape index (κ1) is 18.3. The van der Waals surface area contributed by atoms with Crippen molar-refractivity contribution in [1.29, 1.82) is 10.7 Å². The molecule has 27 heavy (non-hydrogen) atoms. The number of carbonyl (C=O) groups is 1. The van der Waals surface area contributed by atoms with Crippen LogP contribution in [0.1, 0.15) is 30.2 Å². The number of nitrogens with one attached hydrogen (secondary N) is 2. The van der Waals surface area contributed by atoms with Crippen LogP contribution in [0.2, 0.25) is 0 Å². The van der Waals surface area contributed by atoms with Crippen LogP contribution in [-0.2, 0) is 11.3 Å². The quantitative estimate of drug-likeness (QED) is 0.616. The van der Waals surface area contributed by atoms with Crippen LogP contribution in [-0.4, -0.2) is 35.6 Å². The van der Waals surface area contributed by atoms with Gasteiger partial charge in [-0.05, 0) is 31.2 Å². The molecule has 140 valence electrons. The van der Waals surface area contributed by atoms with Crippen molar-refractivity contribution in [3.63, 3.8) is 0 Å². The molecule has 0 spiro atoms. The Hall–Kier alpha value is -3.47. The second-order valence-electron chi connectivity index (χ2n) is 6.32. The minimum absolute atomic E-state index is 0.117. The van der Waals surface area contributed by atoms with Crippen LogP contribution in [0.25, 0.3) is 0 Å². The Labute approximate surface area is 157 Å². The van der Waals surface area contributed by atoms with Crippen LogP contribution < -0.4 is 15.8 Å². The van der Waals surface area contributed by atoms with Crippen molar-refractivity contribution >= 4 is 17.5 Å². The molecule has 1 aliphatic rings. The first-order chi connectivity index (χ1) is 13.0. The van der Waals surface area contributed by atoms with Gasteiger partial charge in [-0.3, -0.25) is 5.41 Å². The van der Waals surface area contributed by atoms with Gasteiger partial charge in [0.25, 0.3) is 0 Å².